The molecule has 186 valence electrons. The van der Waals surface area contributed by atoms with Gasteiger partial charge in [-0.25, -0.2) is 0 Å². The number of hydrogen-bond donors (Lipinski definition) is 2. The molecule has 2 aliphatic heterocycles. The molecule has 0 aromatic heterocycles. The molecular formula is C28H35N3O4. The Morgan fingerprint density at radius 1 is 1.03 bits per heavy atom. The summed E-state index contributed by atoms with van der Waals surface area (Å²) in [6.07, 6.45) is 3.53. The van der Waals surface area contributed by atoms with E-state index in [1.165, 1.54) is 0 Å². The van der Waals surface area contributed by atoms with Crippen LogP contribution >= 0.6 is 0 Å². The van der Waals surface area contributed by atoms with E-state index >= 15 is 0 Å². The summed E-state index contributed by atoms with van der Waals surface area (Å²) in [5.41, 5.74) is 3.01. The predicted molar refractivity (Wildman–Crippen MR) is 134 cm³/mol. The number of fused-ring (bicyclic) bond motifs is 4. The fourth-order valence-corrected chi connectivity index (χ4v) is 4.81. The number of ether oxygens (including phenoxy) is 1. The van der Waals surface area contributed by atoms with E-state index in [1.54, 1.807) is 0 Å². The highest BCUT2D eigenvalue weighted by molar-refractivity contribution is 5.89. The molecule has 0 saturated carbocycles. The van der Waals surface area contributed by atoms with Crippen LogP contribution in [0.5, 0.6) is 5.75 Å². The number of amides is 3. The lowest BCUT2D eigenvalue weighted by Gasteiger charge is -2.33. The molecule has 1 unspecified atom stereocenters. The van der Waals surface area contributed by atoms with Gasteiger partial charge >= 0.3 is 0 Å². The minimum absolute atomic E-state index is 0.000813. The van der Waals surface area contributed by atoms with Gasteiger partial charge in [0.25, 0.3) is 0 Å². The summed E-state index contributed by atoms with van der Waals surface area (Å²) < 4.78 is 6.03. The largest absolute Gasteiger partial charge is 0.494 e. The second-order valence-corrected chi connectivity index (χ2v) is 9.60. The molecule has 7 heteroatoms. The fraction of sp³-hybridized carbons (Fsp3) is 0.464. The molecule has 1 fully saturated rings. The van der Waals surface area contributed by atoms with Gasteiger partial charge in [0.1, 0.15) is 11.8 Å². The Balaban J connectivity index is 1.53. The average Bonchev–Trinajstić information content (AvgIpc) is 2.87. The van der Waals surface area contributed by atoms with Gasteiger partial charge in [-0.05, 0) is 60.9 Å². The van der Waals surface area contributed by atoms with Gasteiger partial charge in [0, 0.05) is 38.9 Å². The lowest BCUT2D eigenvalue weighted by atomic mass is 9.95. The standard InChI is InChI=1S/C28H35N3O4/c1-20-9-10-24-17-23(20)18-29-28(34)25(16-21-6-3-2-4-7-21)30-26(32)11-12-27(33)31-14-5-8-22(19-31)13-15-35-24/h2-4,6-7,9-10,17,22,25H,5,8,11-16,18-19H2,1H3,(H,29,34)(H,30,32)/t22?,25-/m0/s1. The number of rotatable bonds is 2. The van der Waals surface area contributed by atoms with Gasteiger partial charge in [0.2, 0.25) is 17.7 Å². The molecular weight excluding hydrogens is 442 g/mol. The Kier molecular flexibility index (Phi) is 8.40. The zero-order valence-corrected chi connectivity index (χ0v) is 20.4. The third-order valence-electron chi connectivity index (χ3n) is 6.94. The van der Waals surface area contributed by atoms with Gasteiger partial charge in [-0.1, -0.05) is 36.4 Å². The van der Waals surface area contributed by atoms with E-state index in [2.05, 4.69) is 10.6 Å². The topological polar surface area (TPSA) is 87.7 Å². The zero-order valence-electron chi connectivity index (χ0n) is 20.4. The maximum Gasteiger partial charge on any atom is 0.243 e. The molecule has 2 heterocycles. The number of carbonyl (C=O) groups is 3. The van der Waals surface area contributed by atoms with E-state index in [9.17, 15) is 14.4 Å². The Hall–Kier alpha value is -3.35. The molecule has 2 aromatic rings. The maximum absolute atomic E-state index is 13.1. The van der Waals surface area contributed by atoms with Crippen LogP contribution < -0.4 is 15.4 Å². The van der Waals surface area contributed by atoms with Crippen molar-refractivity contribution in [3.8, 4) is 5.75 Å². The van der Waals surface area contributed by atoms with Crippen molar-refractivity contribution < 1.29 is 19.1 Å². The van der Waals surface area contributed by atoms with Crippen LogP contribution in [0.3, 0.4) is 0 Å². The van der Waals surface area contributed by atoms with Gasteiger partial charge in [-0.15, -0.1) is 0 Å². The minimum Gasteiger partial charge on any atom is -0.494 e. The number of benzene rings is 2. The zero-order chi connectivity index (χ0) is 24.6. The van der Waals surface area contributed by atoms with Gasteiger partial charge in [-0.2, -0.15) is 0 Å². The molecule has 35 heavy (non-hydrogen) atoms. The minimum atomic E-state index is -0.724. The molecule has 3 amide bonds. The van der Waals surface area contributed by atoms with Gasteiger partial charge in [0.05, 0.1) is 6.61 Å². The van der Waals surface area contributed by atoms with E-state index in [0.717, 1.165) is 48.2 Å². The highest BCUT2D eigenvalue weighted by atomic mass is 16.5. The van der Waals surface area contributed by atoms with Crippen molar-refractivity contribution in [2.45, 2.75) is 58.0 Å². The highest BCUT2D eigenvalue weighted by Gasteiger charge is 2.26. The van der Waals surface area contributed by atoms with Crippen LogP contribution in [0.25, 0.3) is 0 Å². The molecule has 0 aliphatic carbocycles. The first-order valence-corrected chi connectivity index (χ1v) is 12.6. The lowest BCUT2D eigenvalue weighted by molar-refractivity contribution is -0.135. The summed E-state index contributed by atoms with van der Waals surface area (Å²) in [6, 6.07) is 14.8. The molecule has 0 spiro atoms. The average molecular weight is 478 g/mol. The number of carbonyl (C=O) groups excluding carboxylic acids is 3. The molecule has 2 aliphatic rings. The second kappa shape index (κ2) is 11.9. The van der Waals surface area contributed by atoms with Crippen molar-refractivity contribution >= 4 is 17.7 Å². The Bertz CT molecular complexity index is 1040. The maximum atomic E-state index is 13.1. The number of nitrogens with zero attached hydrogens (tertiary/aromatic N) is 1. The summed E-state index contributed by atoms with van der Waals surface area (Å²) in [5.74, 6) is 0.646. The van der Waals surface area contributed by atoms with Crippen molar-refractivity contribution in [2.75, 3.05) is 19.7 Å². The van der Waals surface area contributed by atoms with Crippen LogP contribution in [-0.2, 0) is 27.3 Å². The van der Waals surface area contributed by atoms with Crippen LogP contribution in [0.2, 0.25) is 0 Å². The summed E-state index contributed by atoms with van der Waals surface area (Å²) in [7, 11) is 0. The second-order valence-electron chi connectivity index (χ2n) is 9.60. The molecule has 1 saturated heterocycles. The Morgan fingerprint density at radius 3 is 2.69 bits per heavy atom. The Labute approximate surface area is 207 Å². The fourth-order valence-electron chi connectivity index (χ4n) is 4.81. The number of aryl methyl sites for hydroxylation is 1. The molecule has 4 rings (SSSR count). The summed E-state index contributed by atoms with van der Waals surface area (Å²) >= 11 is 0. The van der Waals surface area contributed by atoms with Crippen LogP contribution in [-0.4, -0.2) is 48.4 Å². The SMILES string of the molecule is Cc1ccc2cc1CNC(=O)[C@H](Cc1ccccc1)NC(=O)CCC(=O)N1CCCC(CCO2)C1. The van der Waals surface area contributed by atoms with Crippen molar-refractivity contribution in [1.29, 1.82) is 0 Å². The van der Waals surface area contributed by atoms with E-state index in [-0.39, 0.29) is 30.6 Å². The first-order chi connectivity index (χ1) is 17.0. The van der Waals surface area contributed by atoms with Gasteiger partial charge in [0.15, 0.2) is 0 Å². The van der Waals surface area contributed by atoms with Gasteiger partial charge in [-0.3, -0.25) is 14.4 Å². The quantitative estimate of drug-likeness (QED) is 0.696. The number of piperidine rings is 1. The van der Waals surface area contributed by atoms with E-state index in [0.29, 0.717) is 32.0 Å². The molecule has 2 N–H and O–H groups in total. The summed E-state index contributed by atoms with van der Waals surface area (Å²) in [6.45, 7) is 4.39. The number of nitrogens with one attached hydrogen (secondary N) is 2. The highest BCUT2D eigenvalue weighted by Crippen LogP contribution is 2.23. The molecule has 4 bridgehead atoms. The van der Waals surface area contributed by atoms with Crippen LogP contribution in [0.4, 0.5) is 0 Å². The summed E-state index contributed by atoms with van der Waals surface area (Å²) in [4.78, 5) is 40.6. The third-order valence-corrected chi connectivity index (χ3v) is 6.94. The number of hydrogen-bond acceptors (Lipinski definition) is 4. The van der Waals surface area contributed by atoms with E-state index in [1.807, 2.05) is 60.4 Å². The smallest absolute Gasteiger partial charge is 0.243 e. The van der Waals surface area contributed by atoms with Gasteiger partial charge < -0.3 is 20.3 Å². The molecule has 2 atom stereocenters. The normalized spacial score (nSPS) is 22.3. The van der Waals surface area contributed by atoms with E-state index < -0.39 is 6.04 Å². The Morgan fingerprint density at radius 2 is 1.86 bits per heavy atom. The first kappa shape index (κ1) is 24.8. The van der Waals surface area contributed by atoms with Crippen LogP contribution in [0.15, 0.2) is 48.5 Å². The third kappa shape index (κ3) is 7.07. The van der Waals surface area contributed by atoms with Crippen LogP contribution in [0, 0.1) is 12.8 Å². The van der Waals surface area contributed by atoms with Crippen molar-refractivity contribution in [1.82, 2.24) is 15.5 Å². The summed E-state index contributed by atoms with van der Waals surface area (Å²) in [5, 5.41) is 5.85. The van der Waals surface area contributed by atoms with Crippen molar-refractivity contribution in [3.05, 3.63) is 65.2 Å². The molecule has 0 radical (unpaired) electrons. The molecule has 2 aromatic carbocycles. The van der Waals surface area contributed by atoms with Crippen molar-refractivity contribution in [2.24, 2.45) is 5.92 Å². The predicted octanol–water partition coefficient (Wildman–Crippen LogP) is 3.14. The monoisotopic (exact) mass is 477 g/mol. The molecule has 7 nitrogen and oxygen atoms in total. The van der Waals surface area contributed by atoms with E-state index in [4.69, 9.17) is 4.74 Å². The first-order valence-electron chi connectivity index (χ1n) is 12.6. The van der Waals surface area contributed by atoms with Crippen LogP contribution in [0.1, 0.15) is 48.8 Å². The van der Waals surface area contributed by atoms with Crippen molar-refractivity contribution in [3.63, 3.8) is 0 Å². The lowest BCUT2D eigenvalue weighted by Crippen LogP contribution is -2.48.